The molecule has 2 aromatic carbocycles. The van der Waals surface area contributed by atoms with Crippen molar-refractivity contribution < 1.29 is 13.9 Å². The molecule has 0 N–H and O–H groups in total. The lowest BCUT2D eigenvalue weighted by atomic mass is 10.1. The number of Topliss-reactive ketones (excluding diaryl/α,β-unsaturated/α-hetero) is 1. The van der Waals surface area contributed by atoms with E-state index in [1.807, 2.05) is 24.4 Å². The fourth-order valence-corrected chi connectivity index (χ4v) is 4.13. The van der Waals surface area contributed by atoms with Crippen LogP contribution in [0.15, 0.2) is 54.7 Å². The highest BCUT2D eigenvalue weighted by Gasteiger charge is 2.20. The number of piperidine rings is 1. The van der Waals surface area contributed by atoms with E-state index in [1.165, 1.54) is 12.1 Å². The van der Waals surface area contributed by atoms with Crippen molar-refractivity contribution in [2.45, 2.75) is 38.8 Å². The molecule has 0 atom stereocenters. The van der Waals surface area contributed by atoms with Crippen LogP contribution in [-0.4, -0.2) is 41.0 Å². The Morgan fingerprint density at radius 2 is 1.77 bits per heavy atom. The van der Waals surface area contributed by atoms with Gasteiger partial charge in [0.05, 0.1) is 0 Å². The number of nitrogens with zero attached hydrogens (tertiary/aromatic N) is 2. The van der Waals surface area contributed by atoms with Gasteiger partial charge in [0, 0.05) is 42.3 Å². The minimum absolute atomic E-state index is 0. The first kappa shape index (κ1) is 22.3. The van der Waals surface area contributed by atoms with Crippen molar-refractivity contribution in [1.29, 1.82) is 0 Å². The van der Waals surface area contributed by atoms with E-state index in [2.05, 4.69) is 15.5 Å². The van der Waals surface area contributed by atoms with Crippen molar-refractivity contribution in [3.05, 3.63) is 66.1 Å². The van der Waals surface area contributed by atoms with E-state index >= 15 is 0 Å². The third-order valence-electron chi connectivity index (χ3n) is 5.69. The number of para-hydroxylation sites is 1. The zero-order valence-corrected chi connectivity index (χ0v) is 18.0. The maximum Gasteiger partial charge on any atom is 0.161 e. The van der Waals surface area contributed by atoms with Gasteiger partial charge in [0.2, 0.25) is 0 Å². The maximum absolute atomic E-state index is 13.0. The smallest absolute Gasteiger partial charge is 0.161 e. The quantitative estimate of drug-likeness (QED) is 0.474. The predicted molar refractivity (Wildman–Crippen MR) is 120 cm³/mol. The first-order valence-corrected chi connectivity index (χ1v) is 10.3. The number of hydrogen-bond acceptors (Lipinski definition) is 3. The molecular weight excluding hydrogens is 403 g/mol. The van der Waals surface area contributed by atoms with Crippen molar-refractivity contribution in [3.63, 3.8) is 0 Å². The summed E-state index contributed by atoms with van der Waals surface area (Å²) in [7, 11) is 0. The molecule has 0 aliphatic carbocycles. The Morgan fingerprint density at radius 1 is 1.07 bits per heavy atom. The van der Waals surface area contributed by atoms with E-state index in [9.17, 15) is 9.18 Å². The van der Waals surface area contributed by atoms with Gasteiger partial charge < -0.3 is 14.2 Å². The van der Waals surface area contributed by atoms with Gasteiger partial charge in [-0.25, -0.2) is 4.39 Å². The van der Waals surface area contributed by atoms with Gasteiger partial charge in [0.1, 0.15) is 17.7 Å². The lowest BCUT2D eigenvalue weighted by Crippen LogP contribution is -2.38. The number of ether oxygens (including phenoxy) is 1. The minimum Gasteiger partial charge on any atom is -0.490 e. The summed E-state index contributed by atoms with van der Waals surface area (Å²) in [6.07, 6.45) is 5.20. The zero-order valence-electron chi connectivity index (χ0n) is 17.2. The Bertz CT molecular complexity index is 979. The summed E-state index contributed by atoms with van der Waals surface area (Å²) in [5, 5.41) is 1.04. The molecule has 1 aliphatic heterocycles. The van der Waals surface area contributed by atoms with E-state index in [-0.39, 0.29) is 30.1 Å². The summed E-state index contributed by atoms with van der Waals surface area (Å²) in [6.45, 7) is 5.59. The standard InChI is InChI=1S/C24H27FN2O2.ClH/c1-18(28)23-17-27(24-6-3-2-5-22(23)24)14-4-13-26-15-11-21(12-16-26)29-20-9-7-19(25)8-10-20;/h2-3,5-10,17,21H,4,11-16H2,1H3;1H. The van der Waals surface area contributed by atoms with E-state index in [4.69, 9.17) is 4.74 Å². The van der Waals surface area contributed by atoms with Gasteiger partial charge in [-0.3, -0.25) is 4.79 Å². The molecule has 1 aliphatic rings. The molecule has 160 valence electrons. The number of halogens is 2. The first-order chi connectivity index (χ1) is 14.1. The molecule has 0 bridgehead atoms. The number of carbonyl (C=O) groups is 1. The van der Waals surface area contributed by atoms with Crippen LogP contribution in [0, 0.1) is 5.82 Å². The second-order valence-electron chi connectivity index (χ2n) is 7.78. The number of carbonyl (C=O) groups excluding carboxylic acids is 1. The van der Waals surface area contributed by atoms with Gasteiger partial charge >= 0.3 is 0 Å². The Kier molecular flexibility index (Phi) is 7.51. The zero-order chi connectivity index (χ0) is 20.2. The second kappa shape index (κ2) is 10.1. The van der Waals surface area contributed by atoms with Gasteiger partial charge in [-0.2, -0.15) is 0 Å². The van der Waals surface area contributed by atoms with Gasteiger partial charge in [0.25, 0.3) is 0 Å². The van der Waals surface area contributed by atoms with E-state index in [0.717, 1.165) is 67.7 Å². The van der Waals surface area contributed by atoms with Gasteiger partial charge in [0.15, 0.2) is 5.78 Å². The van der Waals surface area contributed by atoms with E-state index < -0.39 is 0 Å². The molecule has 3 aromatic rings. The Morgan fingerprint density at radius 3 is 2.47 bits per heavy atom. The number of aryl methyl sites for hydroxylation is 1. The SMILES string of the molecule is CC(=O)c1cn(CCCN2CCC(Oc3ccc(F)cc3)CC2)c2ccccc12.Cl. The monoisotopic (exact) mass is 430 g/mol. The lowest BCUT2D eigenvalue weighted by Gasteiger charge is -2.32. The van der Waals surface area contributed by atoms with E-state index in [1.54, 1.807) is 19.1 Å². The molecule has 0 saturated carbocycles. The topological polar surface area (TPSA) is 34.5 Å². The number of ketones is 1. The molecule has 0 unspecified atom stereocenters. The van der Waals surface area contributed by atoms with Crippen LogP contribution in [0.2, 0.25) is 0 Å². The van der Waals surface area contributed by atoms with Crippen LogP contribution in [0.1, 0.15) is 36.5 Å². The van der Waals surface area contributed by atoms with Gasteiger partial charge in [-0.05, 0) is 63.1 Å². The van der Waals surface area contributed by atoms with Crippen LogP contribution >= 0.6 is 12.4 Å². The van der Waals surface area contributed by atoms with Crippen molar-refractivity contribution in [3.8, 4) is 5.75 Å². The molecule has 6 heteroatoms. The highest BCUT2D eigenvalue weighted by atomic mass is 35.5. The summed E-state index contributed by atoms with van der Waals surface area (Å²) in [4.78, 5) is 14.4. The molecule has 2 heterocycles. The van der Waals surface area contributed by atoms with Crippen LogP contribution in [0.4, 0.5) is 4.39 Å². The fourth-order valence-electron chi connectivity index (χ4n) is 4.13. The number of benzene rings is 2. The summed E-state index contributed by atoms with van der Waals surface area (Å²) < 4.78 is 21.2. The summed E-state index contributed by atoms with van der Waals surface area (Å²) in [5.74, 6) is 0.617. The average molecular weight is 431 g/mol. The van der Waals surface area contributed by atoms with Gasteiger partial charge in [-0.15, -0.1) is 12.4 Å². The number of likely N-dealkylation sites (tertiary alicyclic amines) is 1. The van der Waals surface area contributed by atoms with Crippen molar-refractivity contribution in [2.75, 3.05) is 19.6 Å². The molecule has 30 heavy (non-hydrogen) atoms. The van der Waals surface area contributed by atoms with Gasteiger partial charge in [-0.1, -0.05) is 18.2 Å². The number of hydrogen-bond donors (Lipinski definition) is 0. The summed E-state index contributed by atoms with van der Waals surface area (Å²) in [5.41, 5.74) is 1.93. The van der Waals surface area contributed by atoms with Crippen molar-refractivity contribution in [1.82, 2.24) is 9.47 Å². The Balaban J connectivity index is 0.00000256. The van der Waals surface area contributed by atoms with Crippen LogP contribution in [-0.2, 0) is 6.54 Å². The minimum atomic E-state index is -0.238. The summed E-state index contributed by atoms with van der Waals surface area (Å²) >= 11 is 0. The highest BCUT2D eigenvalue weighted by molar-refractivity contribution is 6.06. The van der Waals surface area contributed by atoms with Crippen molar-refractivity contribution in [2.24, 2.45) is 0 Å². The largest absolute Gasteiger partial charge is 0.490 e. The third kappa shape index (κ3) is 5.21. The molecule has 0 amide bonds. The maximum atomic E-state index is 13.0. The predicted octanol–water partition coefficient (Wildman–Crippen LogP) is 5.34. The Labute approximate surface area is 183 Å². The normalized spacial score (nSPS) is 15.1. The molecular formula is C24H28ClFN2O2. The van der Waals surface area contributed by atoms with E-state index in [0.29, 0.717) is 0 Å². The first-order valence-electron chi connectivity index (χ1n) is 10.3. The highest BCUT2D eigenvalue weighted by Crippen LogP contribution is 2.23. The third-order valence-corrected chi connectivity index (χ3v) is 5.69. The average Bonchev–Trinajstić information content (AvgIpc) is 3.10. The molecule has 0 spiro atoms. The molecule has 4 nitrogen and oxygen atoms in total. The fraction of sp³-hybridized carbons (Fsp3) is 0.375. The van der Waals surface area contributed by atoms with Crippen LogP contribution < -0.4 is 4.74 Å². The number of fused-ring (bicyclic) bond motifs is 1. The number of aromatic nitrogens is 1. The second-order valence-corrected chi connectivity index (χ2v) is 7.78. The summed E-state index contributed by atoms with van der Waals surface area (Å²) in [6, 6.07) is 14.4. The van der Waals surface area contributed by atoms with Crippen LogP contribution in [0.25, 0.3) is 10.9 Å². The Hall–Kier alpha value is -2.37. The van der Waals surface area contributed by atoms with Crippen LogP contribution in [0.5, 0.6) is 5.75 Å². The lowest BCUT2D eigenvalue weighted by molar-refractivity contribution is 0.0992. The molecule has 1 fully saturated rings. The van der Waals surface area contributed by atoms with Crippen molar-refractivity contribution >= 4 is 29.1 Å². The molecule has 1 saturated heterocycles. The molecule has 0 radical (unpaired) electrons. The van der Waals surface area contributed by atoms with Crippen LogP contribution in [0.3, 0.4) is 0 Å². The number of rotatable bonds is 7. The molecule has 1 aromatic heterocycles. The molecule has 4 rings (SSSR count).